The number of fused-ring (bicyclic) bond motifs is 3. The summed E-state index contributed by atoms with van der Waals surface area (Å²) >= 11 is 0. The van der Waals surface area contributed by atoms with Gasteiger partial charge >= 0.3 is 11.9 Å². The fourth-order valence-electron chi connectivity index (χ4n) is 10.5. The Kier molecular flexibility index (Phi) is 23.7. The van der Waals surface area contributed by atoms with Crippen LogP contribution in [0.3, 0.4) is 0 Å². The second kappa shape index (κ2) is 28.1. The average Bonchev–Trinajstić information content (AvgIpc) is 3.36. The summed E-state index contributed by atoms with van der Waals surface area (Å²) in [4.78, 5) is 85.1. The highest BCUT2D eigenvalue weighted by Gasteiger charge is 2.53. The molecule has 4 aliphatic rings. The van der Waals surface area contributed by atoms with Crippen molar-refractivity contribution in [1.29, 1.82) is 0 Å². The molecule has 0 aromatic carbocycles. The highest BCUT2D eigenvalue weighted by molar-refractivity contribution is 6.39. The van der Waals surface area contributed by atoms with E-state index in [9.17, 15) is 49.2 Å². The Labute approximate surface area is 426 Å². The smallest absolute Gasteiger partial charge is 0.329 e. The molecule has 4 rings (SSSR count). The SMILES string of the molecule is CO[C@@H]1C=CC=CC=C[C@@H](C)C[C@@H](C)C(=O)[C@H](OC)[C@H](O)C(C)C=C(C)C(=O)C[C@@H]([C@H](C)C[C@@H]2CC[C@@H](OC(=O)C(C)(CO)CO)[C@H](O[14CH3])C2)OC(=O)[C@@H]2CCCCN2C(=O)C(=O)[C@]2(O)O[C@@H](CC[C@H]2C)C1. The summed E-state index contributed by atoms with van der Waals surface area (Å²) in [5.41, 5.74) is -1.22. The van der Waals surface area contributed by atoms with Gasteiger partial charge in [-0.25, -0.2) is 4.79 Å². The lowest BCUT2D eigenvalue weighted by Crippen LogP contribution is -2.60. The first-order valence-electron chi connectivity index (χ1n) is 26.0. The number of carbonyl (C=O) groups excluding carboxylic acids is 6. The maximum absolute atomic E-state index is 14.5. The molecule has 2 bridgehead atoms. The van der Waals surface area contributed by atoms with E-state index in [2.05, 4.69) is 0 Å². The molecule has 1 aliphatic carbocycles. The molecule has 1 unspecified atom stereocenters. The molecular formula is C55H85NO16. The molecule has 4 N–H and O–H groups in total. The van der Waals surface area contributed by atoms with Gasteiger partial charge in [0.05, 0.1) is 37.6 Å². The number of esters is 2. The summed E-state index contributed by atoms with van der Waals surface area (Å²) in [7, 11) is 4.41. The molecule has 2 saturated heterocycles. The van der Waals surface area contributed by atoms with Crippen LogP contribution in [-0.4, -0.2) is 156 Å². The van der Waals surface area contributed by atoms with Crippen LogP contribution in [0, 0.1) is 40.9 Å². The summed E-state index contributed by atoms with van der Waals surface area (Å²) in [6, 6.07) is -1.20. The first-order valence-corrected chi connectivity index (χ1v) is 26.0. The standard InChI is InChI=1S/C55H85NO16/c1-33-17-13-11-12-14-18-40(67-8)29-41-22-20-38(6)55(66,72-41)50(62)51(63)56-24-16-15-19-42(56)52(64)70-45(30-43(59)34(2)26-37(5)48(61)49(69-10)47(60)36(4)25-33)35(3)27-39-21-23-44(46(28-39)68-9)71-53(65)54(7,31-57)32-58/h11-14,17-18,26,33,35-42,44-46,48-49,57-58,61,66H,15-16,19-25,27-32H2,1-10H3/t33-,35-,36-,37?,38-,39+,40-,41+,42+,44-,45+,46-,48-,49+,55-/m1/s1/i9+2. The van der Waals surface area contributed by atoms with Gasteiger partial charge in [-0.15, -0.1) is 0 Å². The number of allylic oxidation sites excluding steroid dienone is 6. The fraction of sp³-hybridized carbons (Fsp3) is 0.745. The van der Waals surface area contributed by atoms with Crippen molar-refractivity contribution < 1.29 is 77.6 Å². The minimum absolute atomic E-state index is 0.000666. The zero-order valence-corrected chi connectivity index (χ0v) is 44.4. The quantitative estimate of drug-likeness (QED) is 0.160. The summed E-state index contributed by atoms with van der Waals surface area (Å²) in [5.74, 6) is -9.31. The molecule has 406 valence electrons. The molecule has 0 aromatic heterocycles. The van der Waals surface area contributed by atoms with Crippen LogP contribution in [0.25, 0.3) is 0 Å². The number of aliphatic hydroxyl groups is 4. The summed E-state index contributed by atoms with van der Waals surface area (Å²) in [6.07, 6.45) is 11.5. The molecule has 3 heterocycles. The number of carbonyl (C=O) groups is 6. The number of ketones is 3. The number of hydrogen-bond acceptors (Lipinski definition) is 16. The van der Waals surface area contributed by atoms with Gasteiger partial charge in [-0.05, 0) is 101 Å². The van der Waals surface area contributed by atoms with E-state index in [-0.39, 0.29) is 54.8 Å². The number of rotatable bonds is 10. The van der Waals surface area contributed by atoms with Crippen LogP contribution in [-0.2, 0) is 57.2 Å². The molecule has 72 heavy (non-hydrogen) atoms. The third-order valence-electron chi connectivity index (χ3n) is 15.5. The zero-order chi connectivity index (χ0) is 53.5. The van der Waals surface area contributed by atoms with Crippen LogP contribution < -0.4 is 0 Å². The van der Waals surface area contributed by atoms with Crippen molar-refractivity contribution in [2.24, 2.45) is 40.9 Å². The summed E-state index contributed by atoms with van der Waals surface area (Å²) in [6.45, 7) is 10.8. The van der Waals surface area contributed by atoms with Gasteiger partial charge in [0.15, 0.2) is 11.6 Å². The highest BCUT2D eigenvalue weighted by Crippen LogP contribution is 2.38. The lowest BCUT2D eigenvalue weighted by Gasteiger charge is -2.42. The largest absolute Gasteiger partial charge is 0.460 e. The number of cyclic esters (lactones) is 1. The molecular weight excluding hydrogens is 933 g/mol. The van der Waals surface area contributed by atoms with Gasteiger partial charge in [-0.3, -0.25) is 24.0 Å². The number of Topliss-reactive ketones (excluding diaryl/α,β-unsaturated/α-hetero) is 3. The van der Waals surface area contributed by atoms with Crippen LogP contribution in [0.15, 0.2) is 48.1 Å². The number of aliphatic hydroxyl groups excluding tert-OH is 3. The van der Waals surface area contributed by atoms with E-state index < -0.39 is 120 Å². The molecule has 0 spiro atoms. The normalized spacial score (nSPS) is 35.3. The maximum atomic E-state index is 14.5. The third kappa shape index (κ3) is 15.8. The second-order valence-corrected chi connectivity index (χ2v) is 21.4. The number of amides is 1. The Morgan fingerprint density at radius 2 is 1.58 bits per heavy atom. The van der Waals surface area contributed by atoms with Gasteiger partial charge in [0.1, 0.15) is 29.8 Å². The van der Waals surface area contributed by atoms with Crippen molar-refractivity contribution in [1.82, 2.24) is 4.90 Å². The van der Waals surface area contributed by atoms with Crippen molar-refractivity contribution in [2.75, 3.05) is 41.1 Å². The van der Waals surface area contributed by atoms with Gasteiger partial charge in [0.25, 0.3) is 11.7 Å². The Bertz CT molecular complexity index is 1960. The van der Waals surface area contributed by atoms with E-state index in [0.717, 1.165) is 4.90 Å². The van der Waals surface area contributed by atoms with E-state index in [1.165, 1.54) is 21.1 Å². The van der Waals surface area contributed by atoms with E-state index in [4.69, 9.17) is 28.4 Å². The number of methoxy groups -OCH3 is 3. The molecule has 15 atom stereocenters. The molecule has 17 nitrogen and oxygen atoms in total. The van der Waals surface area contributed by atoms with Gasteiger partial charge in [0, 0.05) is 58.5 Å². The molecule has 1 amide bonds. The van der Waals surface area contributed by atoms with E-state index in [1.807, 2.05) is 50.3 Å². The predicted molar refractivity (Wildman–Crippen MR) is 267 cm³/mol. The summed E-state index contributed by atoms with van der Waals surface area (Å²) in [5, 5.41) is 43.0. The Hall–Kier alpha value is -3.94. The van der Waals surface area contributed by atoms with Crippen molar-refractivity contribution >= 4 is 35.2 Å². The molecule has 3 aliphatic heterocycles. The van der Waals surface area contributed by atoms with Gasteiger partial charge in [0.2, 0.25) is 5.79 Å². The highest BCUT2D eigenvalue weighted by atomic mass is 16.6. The Balaban J connectivity index is 1.68. The predicted octanol–water partition coefficient (Wildman–Crippen LogP) is 5.33. The fourth-order valence-corrected chi connectivity index (χ4v) is 10.5. The lowest BCUT2D eigenvalue weighted by molar-refractivity contribution is -0.265. The minimum atomic E-state index is -2.46. The minimum Gasteiger partial charge on any atom is -0.460 e. The van der Waals surface area contributed by atoms with Crippen LogP contribution in [0.4, 0.5) is 0 Å². The van der Waals surface area contributed by atoms with Gasteiger partial charge in [-0.2, -0.15) is 0 Å². The van der Waals surface area contributed by atoms with Crippen molar-refractivity contribution in [3.05, 3.63) is 48.1 Å². The van der Waals surface area contributed by atoms with Crippen LogP contribution in [0.1, 0.15) is 126 Å². The third-order valence-corrected chi connectivity index (χ3v) is 15.5. The van der Waals surface area contributed by atoms with Crippen molar-refractivity contribution in [3.63, 3.8) is 0 Å². The maximum Gasteiger partial charge on any atom is 0.329 e. The van der Waals surface area contributed by atoms with Crippen molar-refractivity contribution in [2.45, 2.75) is 180 Å². The Morgan fingerprint density at radius 1 is 0.903 bits per heavy atom. The number of ether oxygens (including phenoxy) is 6. The van der Waals surface area contributed by atoms with E-state index in [0.29, 0.717) is 57.8 Å². The van der Waals surface area contributed by atoms with Gasteiger partial charge < -0.3 is 53.7 Å². The average molecular weight is 1020 g/mol. The monoisotopic (exact) mass is 1020 g/mol. The Morgan fingerprint density at radius 3 is 2.22 bits per heavy atom. The van der Waals surface area contributed by atoms with Crippen molar-refractivity contribution in [3.8, 4) is 0 Å². The van der Waals surface area contributed by atoms with E-state index >= 15 is 0 Å². The lowest BCUT2D eigenvalue weighted by atomic mass is 9.78. The number of piperidine rings is 1. The molecule has 1 saturated carbocycles. The molecule has 0 radical (unpaired) electrons. The zero-order valence-electron chi connectivity index (χ0n) is 44.4. The summed E-state index contributed by atoms with van der Waals surface area (Å²) < 4.78 is 35.2. The topological polar surface area (TPSA) is 242 Å². The second-order valence-electron chi connectivity index (χ2n) is 21.4. The first-order chi connectivity index (χ1) is 34.1. The van der Waals surface area contributed by atoms with Crippen LogP contribution >= 0.6 is 0 Å². The van der Waals surface area contributed by atoms with Crippen LogP contribution in [0.2, 0.25) is 0 Å². The van der Waals surface area contributed by atoms with Crippen LogP contribution in [0.5, 0.6) is 0 Å². The molecule has 0 aromatic rings. The molecule has 3 fully saturated rings. The van der Waals surface area contributed by atoms with E-state index in [1.54, 1.807) is 40.9 Å². The van der Waals surface area contributed by atoms with Gasteiger partial charge in [-0.1, -0.05) is 77.2 Å². The number of nitrogens with zero attached hydrogens (tertiary/aromatic N) is 1. The first kappa shape index (κ1) is 60.6. The number of hydrogen-bond donors (Lipinski definition) is 4. The molecule has 17 heteroatoms.